The average Bonchev–Trinajstić information content (AvgIpc) is 3.03. The third-order valence-electron chi connectivity index (χ3n) is 3.90. The molecule has 0 bridgehead atoms. The Morgan fingerprint density at radius 2 is 2.00 bits per heavy atom. The maximum atomic E-state index is 13.6. The van der Waals surface area contributed by atoms with Gasteiger partial charge in [0.05, 0.1) is 12.7 Å². The zero-order valence-electron chi connectivity index (χ0n) is 13.1. The van der Waals surface area contributed by atoms with Crippen LogP contribution < -0.4 is 9.64 Å². The van der Waals surface area contributed by atoms with Crippen molar-refractivity contribution in [3.05, 3.63) is 59.4 Å². The van der Waals surface area contributed by atoms with E-state index in [4.69, 9.17) is 9.47 Å². The average molecular weight is 329 g/mol. The molecular weight excluding hydrogens is 313 g/mol. The van der Waals surface area contributed by atoms with E-state index in [0.717, 1.165) is 23.7 Å². The first-order chi connectivity index (χ1) is 11.6. The number of anilines is 1. The van der Waals surface area contributed by atoms with Gasteiger partial charge in [0.25, 0.3) is 5.91 Å². The third-order valence-corrected chi connectivity index (χ3v) is 3.90. The Balaban J connectivity index is 1.63. The molecule has 0 spiro atoms. The summed E-state index contributed by atoms with van der Waals surface area (Å²) >= 11 is 0. The van der Waals surface area contributed by atoms with E-state index in [1.165, 1.54) is 19.2 Å². The van der Waals surface area contributed by atoms with E-state index in [0.29, 0.717) is 6.54 Å². The van der Waals surface area contributed by atoms with Gasteiger partial charge in [0.2, 0.25) is 0 Å². The molecule has 0 saturated carbocycles. The van der Waals surface area contributed by atoms with Crippen molar-refractivity contribution in [2.75, 3.05) is 25.2 Å². The topological polar surface area (TPSA) is 55.8 Å². The summed E-state index contributed by atoms with van der Waals surface area (Å²) in [5, 5.41) is 0. The van der Waals surface area contributed by atoms with Gasteiger partial charge in [-0.2, -0.15) is 0 Å². The lowest BCUT2D eigenvalue weighted by atomic mass is 10.2. The molecule has 1 heterocycles. The number of carbonyl (C=O) groups excluding carboxylic acids is 2. The van der Waals surface area contributed by atoms with Crippen molar-refractivity contribution in [3.8, 4) is 5.75 Å². The monoisotopic (exact) mass is 329 g/mol. The van der Waals surface area contributed by atoms with Crippen LogP contribution in [0.15, 0.2) is 42.5 Å². The zero-order chi connectivity index (χ0) is 17.1. The van der Waals surface area contributed by atoms with E-state index in [2.05, 4.69) is 0 Å². The van der Waals surface area contributed by atoms with Crippen LogP contribution in [0.25, 0.3) is 0 Å². The minimum atomic E-state index is -0.752. The molecule has 0 saturated heterocycles. The van der Waals surface area contributed by atoms with Gasteiger partial charge in [0, 0.05) is 12.2 Å². The summed E-state index contributed by atoms with van der Waals surface area (Å²) in [5.41, 5.74) is 1.96. The summed E-state index contributed by atoms with van der Waals surface area (Å²) in [7, 11) is 1.34. The second-order valence-corrected chi connectivity index (χ2v) is 5.35. The highest BCUT2D eigenvalue weighted by Gasteiger charge is 2.25. The third kappa shape index (κ3) is 3.08. The Morgan fingerprint density at radius 1 is 1.21 bits per heavy atom. The van der Waals surface area contributed by atoms with Crippen molar-refractivity contribution in [3.63, 3.8) is 0 Å². The minimum Gasteiger partial charge on any atom is -0.494 e. The molecule has 1 amide bonds. The van der Waals surface area contributed by atoms with Crippen molar-refractivity contribution in [2.24, 2.45) is 0 Å². The van der Waals surface area contributed by atoms with E-state index in [1.54, 1.807) is 4.90 Å². The number of methoxy groups -OCH3 is 1. The van der Waals surface area contributed by atoms with Gasteiger partial charge in [-0.3, -0.25) is 4.79 Å². The number of nitrogens with zero attached hydrogens (tertiary/aromatic N) is 1. The van der Waals surface area contributed by atoms with Gasteiger partial charge in [-0.05, 0) is 36.2 Å². The smallest absolute Gasteiger partial charge is 0.338 e. The lowest BCUT2D eigenvalue weighted by molar-refractivity contribution is -0.121. The molecule has 1 aliphatic heterocycles. The minimum absolute atomic E-state index is 0.0305. The molecule has 5 nitrogen and oxygen atoms in total. The molecule has 0 atom stereocenters. The molecule has 0 fully saturated rings. The Hall–Kier alpha value is -2.89. The van der Waals surface area contributed by atoms with Crippen LogP contribution in [-0.4, -0.2) is 32.1 Å². The van der Waals surface area contributed by atoms with Crippen LogP contribution in [-0.2, 0) is 16.0 Å². The molecule has 2 aromatic rings. The summed E-state index contributed by atoms with van der Waals surface area (Å²) in [5.74, 6) is -1.68. The fraction of sp³-hybridized carbons (Fsp3) is 0.222. The molecule has 6 heteroatoms. The Labute approximate surface area is 138 Å². The molecule has 0 aromatic heterocycles. The highest BCUT2D eigenvalue weighted by atomic mass is 19.1. The maximum Gasteiger partial charge on any atom is 0.338 e. The van der Waals surface area contributed by atoms with Crippen molar-refractivity contribution < 1.29 is 23.5 Å². The van der Waals surface area contributed by atoms with Crippen LogP contribution in [0.5, 0.6) is 5.75 Å². The van der Waals surface area contributed by atoms with Gasteiger partial charge in [-0.25, -0.2) is 9.18 Å². The van der Waals surface area contributed by atoms with E-state index in [1.807, 2.05) is 24.3 Å². The highest BCUT2D eigenvalue weighted by Crippen LogP contribution is 2.27. The van der Waals surface area contributed by atoms with Gasteiger partial charge in [0.1, 0.15) is 0 Å². The lowest BCUT2D eigenvalue weighted by Gasteiger charge is -2.17. The van der Waals surface area contributed by atoms with Crippen molar-refractivity contribution in [1.29, 1.82) is 0 Å². The van der Waals surface area contributed by atoms with Crippen LogP contribution in [0.4, 0.5) is 10.1 Å². The molecule has 124 valence electrons. The van der Waals surface area contributed by atoms with Crippen molar-refractivity contribution in [2.45, 2.75) is 6.42 Å². The normalized spacial score (nSPS) is 12.7. The molecule has 3 rings (SSSR count). The number of halogens is 1. The molecule has 2 aromatic carbocycles. The first-order valence-corrected chi connectivity index (χ1v) is 7.49. The van der Waals surface area contributed by atoms with Gasteiger partial charge >= 0.3 is 5.97 Å². The maximum absolute atomic E-state index is 13.6. The summed E-state index contributed by atoms with van der Waals surface area (Å²) in [4.78, 5) is 25.8. The fourth-order valence-corrected chi connectivity index (χ4v) is 2.68. The number of esters is 1. The van der Waals surface area contributed by atoms with Crippen LogP contribution >= 0.6 is 0 Å². The van der Waals surface area contributed by atoms with Crippen LogP contribution in [0.1, 0.15) is 15.9 Å². The number of para-hydroxylation sites is 1. The molecule has 1 aliphatic rings. The molecule has 24 heavy (non-hydrogen) atoms. The van der Waals surface area contributed by atoms with Crippen LogP contribution in [0.2, 0.25) is 0 Å². The summed E-state index contributed by atoms with van der Waals surface area (Å²) < 4.78 is 23.4. The molecular formula is C18H16FNO4. The SMILES string of the molecule is COc1ccc(C(=O)OCC(=O)N2CCc3ccccc32)cc1F. The van der Waals surface area contributed by atoms with Crippen LogP contribution in [0, 0.1) is 5.82 Å². The van der Waals surface area contributed by atoms with E-state index < -0.39 is 11.8 Å². The molecule has 0 radical (unpaired) electrons. The summed E-state index contributed by atoms with van der Waals surface area (Å²) in [6.07, 6.45) is 0.777. The molecule has 0 aliphatic carbocycles. The number of benzene rings is 2. The van der Waals surface area contributed by atoms with Gasteiger partial charge < -0.3 is 14.4 Å². The predicted octanol–water partition coefficient (Wildman–Crippen LogP) is 2.58. The van der Waals surface area contributed by atoms with E-state index in [-0.39, 0.29) is 23.8 Å². The van der Waals surface area contributed by atoms with Crippen molar-refractivity contribution in [1.82, 2.24) is 0 Å². The lowest BCUT2D eigenvalue weighted by Crippen LogP contribution is -2.33. The first kappa shape index (κ1) is 16.0. The number of carbonyl (C=O) groups is 2. The van der Waals surface area contributed by atoms with E-state index >= 15 is 0 Å². The Bertz CT molecular complexity index is 790. The van der Waals surface area contributed by atoms with Gasteiger partial charge in [-0.1, -0.05) is 18.2 Å². The summed E-state index contributed by atoms with van der Waals surface area (Å²) in [6, 6.07) is 11.4. The second-order valence-electron chi connectivity index (χ2n) is 5.35. The number of amides is 1. The van der Waals surface area contributed by atoms with Gasteiger partial charge in [0.15, 0.2) is 18.2 Å². The van der Waals surface area contributed by atoms with Gasteiger partial charge in [-0.15, -0.1) is 0 Å². The highest BCUT2D eigenvalue weighted by molar-refractivity contribution is 5.98. The zero-order valence-corrected chi connectivity index (χ0v) is 13.1. The van der Waals surface area contributed by atoms with Crippen LogP contribution in [0.3, 0.4) is 0 Å². The number of ether oxygens (including phenoxy) is 2. The largest absolute Gasteiger partial charge is 0.494 e. The fourth-order valence-electron chi connectivity index (χ4n) is 2.68. The predicted molar refractivity (Wildman–Crippen MR) is 85.7 cm³/mol. The standard InChI is InChI=1S/C18H16FNO4/c1-23-16-7-6-13(10-14(16)19)18(22)24-11-17(21)20-9-8-12-4-2-3-5-15(12)20/h2-7,10H,8-9,11H2,1H3. The second kappa shape index (κ2) is 6.70. The molecule has 0 N–H and O–H groups in total. The Morgan fingerprint density at radius 3 is 2.75 bits per heavy atom. The Kier molecular flexibility index (Phi) is 4.46. The number of hydrogen-bond acceptors (Lipinski definition) is 4. The number of hydrogen-bond donors (Lipinski definition) is 0. The molecule has 0 unspecified atom stereocenters. The number of rotatable bonds is 4. The number of fused-ring (bicyclic) bond motifs is 1. The first-order valence-electron chi connectivity index (χ1n) is 7.49. The quantitative estimate of drug-likeness (QED) is 0.809. The van der Waals surface area contributed by atoms with E-state index in [9.17, 15) is 14.0 Å². The summed E-state index contributed by atoms with van der Waals surface area (Å²) in [6.45, 7) is 0.174. The van der Waals surface area contributed by atoms with Crippen molar-refractivity contribution >= 4 is 17.6 Å².